The summed E-state index contributed by atoms with van der Waals surface area (Å²) in [4.78, 5) is 31.4. The molecule has 39 heavy (non-hydrogen) atoms. The van der Waals surface area contributed by atoms with Crippen molar-refractivity contribution in [1.82, 2.24) is 25.1 Å². The third-order valence-electron chi connectivity index (χ3n) is 5.83. The number of hydrogen-bond acceptors (Lipinski definition) is 7. The molecule has 11 heteroatoms. The number of anilines is 1. The number of thiazole rings is 1. The smallest absolute Gasteiger partial charge is 0.253 e. The molecule has 0 fully saturated rings. The Balaban J connectivity index is 1.46. The largest absolute Gasteiger partial charge is 0.342 e. The van der Waals surface area contributed by atoms with Crippen molar-refractivity contribution in [2.75, 3.05) is 11.1 Å². The van der Waals surface area contributed by atoms with Crippen LogP contribution in [-0.4, -0.2) is 37.3 Å². The maximum absolute atomic E-state index is 13.0. The molecule has 2 heterocycles. The summed E-state index contributed by atoms with van der Waals surface area (Å²) >= 11 is 8.93. The van der Waals surface area contributed by atoms with Gasteiger partial charge in [-0.2, -0.15) is 0 Å². The number of aryl methyl sites for hydroxylation is 1. The van der Waals surface area contributed by atoms with E-state index in [1.807, 2.05) is 55.7 Å². The maximum Gasteiger partial charge on any atom is 0.253 e. The molecule has 0 unspecified atom stereocenters. The van der Waals surface area contributed by atoms with E-state index in [4.69, 9.17) is 11.6 Å². The summed E-state index contributed by atoms with van der Waals surface area (Å²) in [6.07, 6.45) is 1.73. The van der Waals surface area contributed by atoms with E-state index in [-0.39, 0.29) is 23.5 Å². The van der Waals surface area contributed by atoms with E-state index in [1.54, 1.807) is 30.3 Å². The number of carbonyl (C=O) groups is 2. The summed E-state index contributed by atoms with van der Waals surface area (Å²) in [6, 6.07) is 16.3. The van der Waals surface area contributed by atoms with E-state index in [0.717, 1.165) is 16.1 Å². The number of amides is 2. The van der Waals surface area contributed by atoms with Crippen molar-refractivity contribution in [1.29, 1.82) is 0 Å². The third kappa shape index (κ3) is 6.95. The topological polar surface area (TPSA) is 102 Å². The molecule has 8 nitrogen and oxygen atoms in total. The second-order valence-corrected chi connectivity index (χ2v) is 11.6. The lowest BCUT2D eigenvalue weighted by Crippen LogP contribution is -2.34. The molecule has 2 amide bonds. The van der Waals surface area contributed by atoms with Gasteiger partial charge in [-0.05, 0) is 25.0 Å². The second kappa shape index (κ2) is 13.1. The molecule has 2 N–H and O–H groups in total. The molecule has 2 aromatic carbocycles. The summed E-state index contributed by atoms with van der Waals surface area (Å²) in [6.45, 7) is 10.2. The van der Waals surface area contributed by atoms with E-state index in [0.29, 0.717) is 33.2 Å². The summed E-state index contributed by atoms with van der Waals surface area (Å²) in [5, 5.41) is 16.1. The summed E-state index contributed by atoms with van der Waals surface area (Å²) in [7, 11) is 0. The number of carbonyl (C=O) groups excluding carboxylic acids is 2. The first-order valence-corrected chi connectivity index (χ1v) is 14.5. The Morgan fingerprint density at radius 2 is 1.85 bits per heavy atom. The van der Waals surface area contributed by atoms with Gasteiger partial charge < -0.3 is 15.2 Å². The molecule has 2 aromatic heterocycles. The number of allylic oxidation sites excluding steroid dienone is 1. The Kier molecular flexibility index (Phi) is 9.55. The molecule has 0 aliphatic rings. The monoisotopic (exact) mass is 580 g/mol. The van der Waals surface area contributed by atoms with Gasteiger partial charge in [0.2, 0.25) is 5.91 Å². The van der Waals surface area contributed by atoms with Crippen LogP contribution in [0.25, 0.3) is 11.3 Å². The molecule has 0 spiro atoms. The first kappa shape index (κ1) is 28.5. The van der Waals surface area contributed by atoms with Gasteiger partial charge in [-0.3, -0.25) is 9.59 Å². The number of thioether (sulfide) groups is 1. The predicted molar refractivity (Wildman–Crippen MR) is 158 cm³/mol. The summed E-state index contributed by atoms with van der Waals surface area (Å²) in [5.74, 6) is 0.214. The van der Waals surface area contributed by atoms with Crippen molar-refractivity contribution in [2.24, 2.45) is 5.92 Å². The number of nitrogens with zero attached hydrogens (tertiary/aromatic N) is 4. The van der Waals surface area contributed by atoms with Crippen molar-refractivity contribution in [3.63, 3.8) is 0 Å². The SMILES string of the molecule is C=CCn1c(SCC(=O)Nc2nc(-c3ccccc3)c(C)s2)nnc1[C@H](NC(=O)c1ccccc1Cl)C(C)C. The lowest BCUT2D eigenvalue weighted by Gasteiger charge is -2.22. The van der Waals surface area contributed by atoms with Crippen LogP contribution in [0.1, 0.15) is 40.9 Å². The lowest BCUT2D eigenvalue weighted by molar-refractivity contribution is -0.113. The average molecular weight is 581 g/mol. The van der Waals surface area contributed by atoms with Crippen LogP contribution in [0.15, 0.2) is 72.4 Å². The Labute approximate surface area is 240 Å². The van der Waals surface area contributed by atoms with Gasteiger partial charge in [0.15, 0.2) is 16.1 Å². The molecule has 4 rings (SSSR count). The van der Waals surface area contributed by atoms with Gasteiger partial charge in [0, 0.05) is 17.0 Å². The van der Waals surface area contributed by atoms with Gasteiger partial charge >= 0.3 is 0 Å². The molecule has 0 saturated heterocycles. The van der Waals surface area contributed by atoms with Crippen molar-refractivity contribution in [3.8, 4) is 11.3 Å². The van der Waals surface area contributed by atoms with Crippen LogP contribution >= 0.6 is 34.7 Å². The van der Waals surface area contributed by atoms with Crippen LogP contribution in [0, 0.1) is 12.8 Å². The molecule has 0 aliphatic heterocycles. The van der Waals surface area contributed by atoms with Crippen LogP contribution in [-0.2, 0) is 11.3 Å². The maximum atomic E-state index is 13.0. The average Bonchev–Trinajstić information content (AvgIpc) is 3.49. The fraction of sp³-hybridized carbons (Fsp3) is 0.250. The number of benzene rings is 2. The van der Waals surface area contributed by atoms with Crippen LogP contribution in [0.5, 0.6) is 0 Å². The number of rotatable bonds is 11. The van der Waals surface area contributed by atoms with Crippen molar-refractivity contribution < 1.29 is 9.59 Å². The minimum atomic E-state index is -0.431. The van der Waals surface area contributed by atoms with Gasteiger partial charge in [0.25, 0.3) is 5.91 Å². The highest BCUT2D eigenvalue weighted by Crippen LogP contribution is 2.31. The van der Waals surface area contributed by atoms with Crippen molar-refractivity contribution in [3.05, 3.63) is 88.5 Å². The molecule has 4 aromatic rings. The molecule has 1 atom stereocenters. The van der Waals surface area contributed by atoms with Crippen molar-refractivity contribution in [2.45, 2.75) is 38.5 Å². The molecule has 0 bridgehead atoms. The first-order chi connectivity index (χ1) is 18.8. The minimum Gasteiger partial charge on any atom is -0.342 e. The van der Waals surface area contributed by atoms with Gasteiger partial charge in [-0.25, -0.2) is 4.98 Å². The zero-order chi connectivity index (χ0) is 27.9. The minimum absolute atomic E-state index is 0.0114. The Hall–Kier alpha value is -3.47. The quantitative estimate of drug-likeness (QED) is 0.157. The highest BCUT2D eigenvalue weighted by Gasteiger charge is 2.27. The highest BCUT2D eigenvalue weighted by molar-refractivity contribution is 7.99. The summed E-state index contributed by atoms with van der Waals surface area (Å²) in [5.41, 5.74) is 2.25. The van der Waals surface area contributed by atoms with Crippen LogP contribution < -0.4 is 10.6 Å². The van der Waals surface area contributed by atoms with E-state index in [9.17, 15) is 9.59 Å². The highest BCUT2D eigenvalue weighted by atomic mass is 35.5. The predicted octanol–water partition coefficient (Wildman–Crippen LogP) is 6.41. The zero-order valence-corrected chi connectivity index (χ0v) is 24.2. The summed E-state index contributed by atoms with van der Waals surface area (Å²) < 4.78 is 1.86. The molecule has 0 saturated carbocycles. The number of aromatic nitrogens is 4. The molecular formula is C28H29ClN6O2S2. The van der Waals surface area contributed by atoms with Gasteiger partial charge in [-0.15, -0.1) is 28.1 Å². The van der Waals surface area contributed by atoms with Gasteiger partial charge in [-0.1, -0.05) is 85.8 Å². The van der Waals surface area contributed by atoms with E-state index >= 15 is 0 Å². The fourth-order valence-corrected chi connectivity index (χ4v) is 5.76. The standard InChI is InChI=1S/C28H29ClN6O2S2/c1-5-15-35-25(23(17(2)3)31-26(37)20-13-9-10-14-21(20)29)33-34-28(35)38-16-22(36)30-27-32-24(18(4)39-27)19-11-7-6-8-12-19/h5-14,17,23H,1,15-16H2,2-4H3,(H,31,37)(H,30,32,36)/t23-/m1/s1. The molecule has 0 radical (unpaired) electrons. The van der Waals surface area contributed by atoms with E-state index < -0.39 is 6.04 Å². The Morgan fingerprint density at radius 1 is 1.13 bits per heavy atom. The van der Waals surface area contributed by atoms with Crippen LogP contribution in [0.4, 0.5) is 5.13 Å². The fourth-order valence-electron chi connectivity index (χ4n) is 3.93. The molecule has 0 aliphatic carbocycles. The third-order valence-corrected chi connectivity index (χ3v) is 8.01. The van der Waals surface area contributed by atoms with E-state index in [1.165, 1.54) is 23.1 Å². The van der Waals surface area contributed by atoms with Crippen LogP contribution in [0.3, 0.4) is 0 Å². The van der Waals surface area contributed by atoms with Crippen LogP contribution in [0.2, 0.25) is 5.02 Å². The second-order valence-electron chi connectivity index (χ2n) is 9.04. The normalized spacial score (nSPS) is 11.8. The molecule has 202 valence electrons. The zero-order valence-electron chi connectivity index (χ0n) is 21.8. The number of halogens is 1. The number of nitrogens with one attached hydrogen (secondary N) is 2. The Bertz CT molecular complexity index is 1470. The van der Waals surface area contributed by atoms with Gasteiger partial charge in [0.05, 0.1) is 28.1 Å². The lowest BCUT2D eigenvalue weighted by atomic mass is 10.0. The van der Waals surface area contributed by atoms with Gasteiger partial charge in [0.1, 0.15) is 0 Å². The number of hydrogen-bond donors (Lipinski definition) is 2. The van der Waals surface area contributed by atoms with Crippen molar-refractivity contribution >= 4 is 51.6 Å². The molecular weight excluding hydrogens is 552 g/mol. The van der Waals surface area contributed by atoms with E-state index in [2.05, 4.69) is 32.4 Å². The first-order valence-electron chi connectivity index (χ1n) is 12.3. The Morgan fingerprint density at radius 3 is 2.54 bits per heavy atom.